The van der Waals surface area contributed by atoms with Gasteiger partial charge in [0, 0.05) is 24.7 Å². The number of carbonyl (C=O) groups excluding carboxylic acids is 3. The van der Waals surface area contributed by atoms with E-state index in [0.717, 1.165) is 6.42 Å². The number of nitrogens with two attached hydrogens (primary N) is 2. The van der Waals surface area contributed by atoms with Crippen molar-refractivity contribution in [3.63, 3.8) is 0 Å². The molecular weight excluding hydrogens is 431 g/mol. The van der Waals surface area contributed by atoms with E-state index < -0.39 is 16.3 Å². The van der Waals surface area contributed by atoms with Crippen LogP contribution in [0.2, 0.25) is 0 Å². The molecule has 162 valence electrons. The zero-order valence-electron chi connectivity index (χ0n) is 16.5. The van der Waals surface area contributed by atoms with Crippen LogP contribution in [0.4, 0.5) is 5.69 Å². The van der Waals surface area contributed by atoms with Crippen LogP contribution >= 0.6 is 23.2 Å². The molecule has 6 N–H and O–H groups in total. The molecule has 1 aromatic heterocycles. The summed E-state index contributed by atoms with van der Waals surface area (Å²) in [6.07, 6.45) is 4.87. The first-order chi connectivity index (χ1) is 14.1. The highest BCUT2D eigenvalue weighted by atomic mass is 35.5. The normalized spacial score (nSPS) is 22.8. The van der Waals surface area contributed by atoms with Crippen molar-refractivity contribution < 1.29 is 19.8 Å². The molecule has 0 unspecified atom stereocenters. The lowest BCUT2D eigenvalue weighted by Crippen LogP contribution is -2.50. The number of aromatic nitrogens is 1. The summed E-state index contributed by atoms with van der Waals surface area (Å²) in [5.41, 5.74) is 5.88. The number of alkyl halides is 2. The molecule has 0 spiro atoms. The third-order valence-electron chi connectivity index (χ3n) is 5.53. The maximum absolute atomic E-state index is 12.8. The Morgan fingerprint density at radius 2 is 2.13 bits per heavy atom. The van der Waals surface area contributed by atoms with Gasteiger partial charge in [0.15, 0.2) is 0 Å². The first-order valence-corrected chi connectivity index (χ1v) is 10.5. The average Bonchev–Trinajstić information content (AvgIpc) is 3.11. The molecule has 0 bridgehead atoms. The second-order valence-electron chi connectivity index (χ2n) is 7.67. The van der Waals surface area contributed by atoms with E-state index in [9.17, 15) is 14.4 Å². The minimum absolute atomic E-state index is 0.00738. The van der Waals surface area contributed by atoms with Gasteiger partial charge < -0.3 is 21.3 Å². The third-order valence-corrected chi connectivity index (χ3v) is 6.40. The number of rotatable bonds is 8. The molecule has 1 aliphatic carbocycles. The van der Waals surface area contributed by atoms with E-state index in [1.54, 1.807) is 4.90 Å². The molecule has 9 nitrogen and oxygen atoms in total. The van der Waals surface area contributed by atoms with Crippen LogP contribution in [0.5, 0.6) is 0 Å². The first-order valence-electron chi connectivity index (χ1n) is 9.70. The molecule has 3 atom stereocenters. The molecule has 1 saturated carbocycles. The molecule has 2 aliphatic rings. The summed E-state index contributed by atoms with van der Waals surface area (Å²) in [7, 11) is 0. The Labute approximate surface area is 184 Å². The summed E-state index contributed by atoms with van der Waals surface area (Å²) < 4.78 is -0.785. The fourth-order valence-electron chi connectivity index (χ4n) is 3.71. The van der Waals surface area contributed by atoms with Gasteiger partial charge in [0.25, 0.3) is 5.71 Å². The number of primary amides is 1. The summed E-state index contributed by atoms with van der Waals surface area (Å²) in [6.45, 7) is 2.27. The number of anilines is 1. The Balaban J connectivity index is 1.59. The molecular formula is C19H25Cl2N6O3+. The number of halogens is 2. The Bertz CT molecular complexity index is 878. The number of hydrogen-bond acceptors (Lipinski definition) is 5. The number of pyridine rings is 1. The molecule has 3 rings (SSSR count). The van der Waals surface area contributed by atoms with Crippen molar-refractivity contribution in [2.75, 3.05) is 18.4 Å². The predicted octanol–water partition coefficient (Wildman–Crippen LogP) is -0.783. The van der Waals surface area contributed by atoms with Crippen LogP contribution in [0, 0.1) is 5.92 Å². The molecule has 30 heavy (non-hydrogen) atoms. The summed E-state index contributed by atoms with van der Waals surface area (Å²) >= 11 is 12.1. The van der Waals surface area contributed by atoms with Crippen molar-refractivity contribution >= 4 is 52.3 Å². The summed E-state index contributed by atoms with van der Waals surface area (Å²) in [5, 5.41) is 11.6. The highest BCUT2D eigenvalue weighted by molar-refractivity contribution is 6.51. The number of likely N-dealkylation sites (tertiary alicyclic amines) is 1. The van der Waals surface area contributed by atoms with E-state index in [2.05, 4.69) is 15.6 Å². The molecule has 2 fully saturated rings. The number of nitrogens with one attached hydrogen (secondary N) is 2. The molecule has 1 aliphatic heterocycles. The zero-order chi connectivity index (χ0) is 22.1. The molecule has 11 heteroatoms. The Morgan fingerprint density at radius 1 is 1.43 bits per heavy atom. The van der Waals surface area contributed by atoms with Crippen LogP contribution < -0.4 is 21.8 Å². The van der Waals surface area contributed by atoms with Gasteiger partial charge in [-0.2, -0.15) is 0 Å². The standard InChI is InChI=1S/C19H24Cl2N6O3/c1-10(12-7-19(12,20)21)26-18(30)14-3-2-6-27(14)15(28)9-25-13-8-24-5-4-11(13)16(22)17(23)29/h4-5,8,10,12,14,22,25H,2-3,6-7,9H2,1H3,(H2,23,29)(H,26,30)/p+1/t10-,12-,14+/m1/s1. The Kier molecular flexibility index (Phi) is 6.52. The van der Waals surface area contributed by atoms with Crippen LogP contribution in [0.15, 0.2) is 18.5 Å². The Hall–Kier alpha value is -2.39. The maximum atomic E-state index is 12.8. The van der Waals surface area contributed by atoms with Gasteiger partial charge in [-0.25, -0.2) is 5.41 Å². The first kappa shape index (κ1) is 22.3. The minimum atomic E-state index is -0.785. The van der Waals surface area contributed by atoms with Crippen LogP contribution in [0.1, 0.15) is 31.7 Å². The molecule has 3 amide bonds. The van der Waals surface area contributed by atoms with Crippen molar-refractivity contribution in [2.24, 2.45) is 11.7 Å². The lowest BCUT2D eigenvalue weighted by molar-refractivity contribution is -0.137. The van der Waals surface area contributed by atoms with Gasteiger partial charge in [-0.3, -0.25) is 19.4 Å². The molecule has 2 heterocycles. The van der Waals surface area contributed by atoms with Crippen molar-refractivity contribution in [3.8, 4) is 0 Å². The van der Waals surface area contributed by atoms with Crippen LogP contribution in [-0.4, -0.2) is 62.8 Å². The van der Waals surface area contributed by atoms with E-state index in [4.69, 9.17) is 34.3 Å². The fourth-order valence-corrected chi connectivity index (χ4v) is 4.42. The number of nitrogens with zero attached hydrogens (tertiary/aromatic N) is 2. The van der Waals surface area contributed by atoms with Gasteiger partial charge in [-0.05, 0) is 32.3 Å². The lowest BCUT2D eigenvalue weighted by atomic mass is 10.1. The van der Waals surface area contributed by atoms with Crippen LogP contribution in [0.3, 0.4) is 0 Å². The fraction of sp³-hybridized carbons (Fsp3) is 0.526. The molecule has 1 saturated heterocycles. The van der Waals surface area contributed by atoms with Gasteiger partial charge in [-0.15, -0.1) is 23.2 Å². The second-order valence-corrected chi connectivity index (χ2v) is 9.21. The van der Waals surface area contributed by atoms with Gasteiger partial charge >= 0.3 is 5.91 Å². The SMILES string of the molecule is C[C@@H](NC(=O)[C@@H]1CCCN1C(=O)CNc1cnccc1C(=[NH2+])C(N)=O)[C@H]1CC1(Cl)Cl. The van der Waals surface area contributed by atoms with Gasteiger partial charge in [0.05, 0.1) is 24.0 Å². The topological polar surface area (TPSA) is 143 Å². The summed E-state index contributed by atoms with van der Waals surface area (Å²) in [5.74, 6) is -1.22. The van der Waals surface area contributed by atoms with Gasteiger partial charge in [0.1, 0.15) is 10.4 Å². The molecule has 0 aromatic carbocycles. The van der Waals surface area contributed by atoms with E-state index in [0.29, 0.717) is 30.6 Å². The minimum Gasteiger partial charge on any atom is -0.374 e. The largest absolute Gasteiger partial charge is 0.374 e. The van der Waals surface area contributed by atoms with E-state index in [1.165, 1.54) is 18.5 Å². The van der Waals surface area contributed by atoms with Crippen molar-refractivity contribution in [1.82, 2.24) is 15.2 Å². The van der Waals surface area contributed by atoms with Gasteiger partial charge in [-0.1, -0.05) is 0 Å². The monoisotopic (exact) mass is 455 g/mol. The van der Waals surface area contributed by atoms with Crippen molar-refractivity contribution in [2.45, 2.75) is 42.6 Å². The predicted molar refractivity (Wildman–Crippen MR) is 113 cm³/mol. The highest BCUT2D eigenvalue weighted by Gasteiger charge is 2.55. The summed E-state index contributed by atoms with van der Waals surface area (Å²) in [4.78, 5) is 42.4. The quantitative estimate of drug-likeness (QED) is 0.300. The highest BCUT2D eigenvalue weighted by Crippen LogP contribution is 2.54. The van der Waals surface area contributed by atoms with E-state index in [-0.39, 0.29) is 36.0 Å². The molecule has 0 radical (unpaired) electrons. The smallest absolute Gasteiger partial charge is 0.313 e. The number of amides is 3. The zero-order valence-corrected chi connectivity index (χ0v) is 18.0. The van der Waals surface area contributed by atoms with Crippen LogP contribution in [-0.2, 0) is 14.4 Å². The van der Waals surface area contributed by atoms with E-state index in [1.807, 2.05) is 6.92 Å². The van der Waals surface area contributed by atoms with E-state index >= 15 is 0 Å². The van der Waals surface area contributed by atoms with Crippen LogP contribution in [0.25, 0.3) is 0 Å². The lowest BCUT2D eigenvalue weighted by Gasteiger charge is -2.26. The Morgan fingerprint density at radius 3 is 2.77 bits per heavy atom. The molecule has 1 aromatic rings. The van der Waals surface area contributed by atoms with Crippen molar-refractivity contribution in [1.29, 1.82) is 0 Å². The average molecular weight is 456 g/mol. The second kappa shape index (κ2) is 8.77. The van der Waals surface area contributed by atoms with Crippen molar-refractivity contribution in [3.05, 3.63) is 24.0 Å². The maximum Gasteiger partial charge on any atom is 0.313 e. The van der Waals surface area contributed by atoms with Gasteiger partial charge in [0.2, 0.25) is 11.8 Å². The third kappa shape index (κ3) is 4.84. The number of carbonyl (C=O) groups is 3. The number of hydrogen-bond donors (Lipinski definition) is 4. The summed E-state index contributed by atoms with van der Waals surface area (Å²) in [6, 6.07) is 0.816.